The second-order valence-electron chi connectivity index (χ2n) is 4.57. The lowest BCUT2D eigenvalue weighted by atomic mass is 9.92. The standard InChI is InChI=1S/C17H22/c1-6-7-8-12-16(13(2)3)17-14(4)10-9-11-15(17)5/h6-12H,1-5H3/b7-6+,12-8-. The van der Waals surface area contributed by atoms with Crippen molar-refractivity contribution in [1.82, 2.24) is 0 Å². The molecule has 0 fully saturated rings. The average Bonchev–Trinajstić information content (AvgIpc) is 2.26. The van der Waals surface area contributed by atoms with Gasteiger partial charge >= 0.3 is 0 Å². The summed E-state index contributed by atoms with van der Waals surface area (Å²) in [5, 5.41) is 0. The molecule has 0 bridgehead atoms. The van der Waals surface area contributed by atoms with Crippen LogP contribution in [0.2, 0.25) is 0 Å². The predicted molar refractivity (Wildman–Crippen MR) is 78.1 cm³/mol. The Labute approximate surface area is 105 Å². The zero-order valence-corrected chi connectivity index (χ0v) is 11.5. The first-order valence-corrected chi connectivity index (χ1v) is 6.11. The van der Waals surface area contributed by atoms with Crippen LogP contribution in [0.4, 0.5) is 0 Å². The van der Waals surface area contributed by atoms with Crippen molar-refractivity contribution in [3.8, 4) is 0 Å². The topological polar surface area (TPSA) is 0 Å². The summed E-state index contributed by atoms with van der Waals surface area (Å²) in [5.74, 6) is 0. The van der Waals surface area contributed by atoms with E-state index in [2.05, 4.69) is 64.1 Å². The first-order chi connectivity index (χ1) is 8.07. The maximum atomic E-state index is 2.20. The largest absolute Gasteiger partial charge is 0.0877 e. The van der Waals surface area contributed by atoms with Crippen LogP contribution in [0.1, 0.15) is 37.5 Å². The number of hydrogen-bond donors (Lipinski definition) is 0. The van der Waals surface area contributed by atoms with Gasteiger partial charge in [-0.05, 0) is 56.9 Å². The van der Waals surface area contributed by atoms with E-state index in [-0.39, 0.29) is 0 Å². The molecule has 0 radical (unpaired) electrons. The van der Waals surface area contributed by atoms with Gasteiger partial charge in [0.2, 0.25) is 0 Å². The first kappa shape index (κ1) is 13.5. The third kappa shape index (κ3) is 3.45. The summed E-state index contributed by atoms with van der Waals surface area (Å²) < 4.78 is 0. The predicted octanol–water partition coefficient (Wildman–Crippen LogP) is 5.23. The normalized spacial score (nSPS) is 11.4. The van der Waals surface area contributed by atoms with Crippen molar-refractivity contribution < 1.29 is 0 Å². The summed E-state index contributed by atoms with van der Waals surface area (Å²) >= 11 is 0. The van der Waals surface area contributed by atoms with E-state index < -0.39 is 0 Å². The van der Waals surface area contributed by atoms with Gasteiger partial charge in [-0.15, -0.1) is 0 Å². The highest BCUT2D eigenvalue weighted by molar-refractivity contribution is 5.80. The lowest BCUT2D eigenvalue weighted by molar-refractivity contribution is 1.31. The van der Waals surface area contributed by atoms with E-state index in [0.29, 0.717) is 0 Å². The van der Waals surface area contributed by atoms with Gasteiger partial charge in [-0.1, -0.05) is 48.1 Å². The van der Waals surface area contributed by atoms with E-state index in [0.717, 1.165) is 0 Å². The highest BCUT2D eigenvalue weighted by Gasteiger charge is 2.06. The molecule has 1 aromatic carbocycles. The van der Waals surface area contributed by atoms with Gasteiger partial charge in [0.05, 0.1) is 0 Å². The summed E-state index contributed by atoms with van der Waals surface area (Å²) in [6.07, 6.45) is 8.42. The Kier molecular flexibility index (Phi) is 4.96. The van der Waals surface area contributed by atoms with Crippen molar-refractivity contribution >= 4 is 5.57 Å². The lowest BCUT2D eigenvalue weighted by Gasteiger charge is -2.12. The molecule has 0 spiro atoms. The SMILES string of the molecule is C/C=C/C=C\C(=C(C)C)c1c(C)cccc1C. The fourth-order valence-electron chi connectivity index (χ4n) is 2.00. The van der Waals surface area contributed by atoms with Crippen LogP contribution in [0.15, 0.2) is 48.1 Å². The van der Waals surface area contributed by atoms with Gasteiger partial charge in [0, 0.05) is 0 Å². The molecule has 0 amide bonds. The molecule has 0 saturated carbocycles. The van der Waals surface area contributed by atoms with Crippen LogP contribution in [0, 0.1) is 13.8 Å². The van der Waals surface area contributed by atoms with Gasteiger partial charge < -0.3 is 0 Å². The van der Waals surface area contributed by atoms with Crippen LogP contribution in [-0.4, -0.2) is 0 Å². The van der Waals surface area contributed by atoms with Crippen LogP contribution in [0.5, 0.6) is 0 Å². The maximum absolute atomic E-state index is 2.20. The van der Waals surface area contributed by atoms with E-state index in [1.165, 1.54) is 27.8 Å². The number of rotatable bonds is 3. The Morgan fingerprint density at radius 1 is 1.00 bits per heavy atom. The summed E-state index contributed by atoms with van der Waals surface area (Å²) in [5.41, 5.74) is 6.73. The Morgan fingerprint density at radius 2 is 1.59 bits per heavy atom. The fraction of sp³-hybridized carbons (Fsp3) is 0.294. The molecule has 0 N–H and O–H groups in total. The summed E-state index contributed by atoms with van der Waals surface area (Å²) in [6, 6.07) is 6.47. The highest BCUT2D eigenvalue weighted by atomic mass is 14.1. The molecule has 0 heteroatoms. The molecule has 17 heavy (non-hydrogen) atoms. The third-order valence-electron chi connectivity index (χ3n) is 2.86. The van der Waals surface area contributed by atoms with E-state index in [1.807, 2.05) is 13.0 Å². The molecule has 90 valence electrons. The zero-order valence-electron chi connectivity index (χ0n) is 11.5. The van der Waals surface area contributed by atoms with E-state index in [9.17, 15) is 0 Å². The molecule has 0 aromatic heterocycles. The molecule has 1 aromatic rings. The van der Waals surface area contributed by atoms with Gasteiger partial charge in [0.15, 0.2) is 0 Å². The maximum Gasteiger partial charge on any atom is -0.0126 e. The highest BCUT2D eigenvalue weighted by Crippen LogP contribution is 2.26. The first-order valence-electron chi connectivity index (χ1n) is 6.11. The van der Waals surface area contributed by atoms with Crippen molar-refractivity contribution in [3.63, 3.8) is 0 Å². The molecule has 1 rings (SSSR count). The zero-order chi connectivity index (χ0) is 12.8. The van der Waals surface area contributed by atoms with E-state index >= 15 is 0 Å². The van der Waals surface area contributed by atoms with E-state index in [1.54, 1.807) is 0 Å². The molecule has 0 aliphatic rings. The van der Waals surface area contributed by atoms with Crippen molar-refractivity contribution in [2.75, 3.05) is 0 Å². The van der Waals surface area contributed by atoms with Crippen molar-refractivity contribution in [1.29, 1.82) is 0 Å². The number of hydrogen-bond acceptors (Lipinski definition) is 0. The second-order valence-corrected chi connectivity index (χ2v) is 4.57. The number of aryl methyl sites for hydroxylation is 2. The second kappa shape index (κ2) is 6.24. The van der Waals surface area contributed by atoms with Gasteiger partial charge in [-0.2, -0.15) is 0 Å². The fourth-order valence-corrected chi connectivity index (χ4v) is 2.00. The summed E-state index contributed by atoms with van der Waals surface area (Å²) in [7, 11) is 0. The minimum Gasteiger partial charge on any atom is -0.0877 e. The number of allylic oxidation sites excluding steroid dienone is 6. The van der Waals surface area contributed by atoms with Gasteiger partial charge in [0.25, 0.3) is 0 Å². The molecular formula is C17H22. The Morgan fingerprint density at radius 3 is 2.06 bits per heavy atom. The Bertz CT molecular complexity index is 447. The van der Waals surface area contributed by atoms with Crippen LogP contribution in [-0.2, 0) is 0 Å². The quantitative estimate of drug-likeness (QED) is 0.619. The Hall–Kier alpha value is -1.56. The van der Waals surface area contributed by atoms with Crippen molar-refractivity contribution in [2.45, 2.75) is 34.6 Å². The van der Waals surface area contributed by atoms with Gasteiger partial charge in [0.1, 0.15) is 0 Å². The lowest BCUT2D eigenvalue weighted by Crippen LogP contribution is -1.92. The smallest absolute Gasteiger partial charge is 0.0126 e. The van der Waals surface area contributed by atoms with Gasteiger partial charge in [-0.3, -0.25) is 0 Å². The Balaban J connectivity index is 3.31. The molecule has 0 saturated heterocycles. The van der Waals surface area contributed by atoms with Gasteiger partial charge in [-0.25, -0.2) is 0 Å². The molecule has 0 atom stereocenters. The number of benzene rings is 1. The van der Waals surface area contributed by atoms with Crippen LogP contribution in [0.3, 0.4) is 0 Å². The van der Waals surface area contributed by atoms with Crippen molar-refractivity contribution in [3.05, 3.63) is 64.8 Å². The molecule has 0 aliphatic carbocycles. The summed E-state index contributed by atoms with van der Waals surface area (Å²) in [4.78, 5) is 0. The minimum absolute atomic E-state index is 1.33. The molecule has 0 nitrogen and oxygen atoms in total. The van der Waals surface area contributed by atoms with E-state index in [4.69, 9.17) is 0 Å². The molecule has 0 unspecified atom stereocenters. The average molecular weight is 226 g/mol. The molecule has 0 heterocycles. The van der Waals surface area contributed by atoms with Crippen LogP contribution in [0.25, 0.3) is 5.57 Å². The summed E-state index contributed by atoms with van der Waals surface area (Å²) in [6.45, 7) is 10.7. The van der Waals surface area contributed by atoms with Crippen LogP contribution < -0.4 is 0 Å². The molecular weight excluding hydrogens is 204 g/mol. The monoisotopic (exact) mass is 226 g/mol. The molecule has 0 aliphatic heterocycles. The minimum atomic E-state index is 1.33. The third-order valence-corrected chi connectivity index (χ3v) is 2.86. The van der Waals surface area contributed by atoms with Crippen molar-refractivity contribution in [2.24, 2.45) is 0 Å². The van der Waals surface area contributed by atoms with Crippen LogP contribution >= 0.6 is 0 Å².